The molecular weight excluding hydrogens is 579 g/mol. The fraction of sp³-hybridized carbons (Fsp3) is 0.500. The second-order valence-corrected chi connectivity index (χ2v) is 12.8. The maximum Gasteiger partial charge on any atom is 0.287 e. The Morgan fingerprint density at radius 1 is 1.25 bits per heavy atom. The van der Waals surface area contributed by atoms with Gasteiger partial charge in [0.1, 0.15) is 22.0 Å². The Labute approximate surface area is 231 Å². The van der Waals surface area contributed by atoms with Gasteiger partial charge in [-0.1, -0.05) is 11.6 Å². The lowest BCUT2D eigenvalue weighted by atomic mass is 9.95. The summed E-state index contributed by atoms with van der Waals surface area (Å²) >= 11 is 5.91. The number of ether oxygens (including phenoxy) is 3. The summed E-state index contributed by atoms with van der Waals surface area (Å²) in [7, 11) is -3.16. The topological polar surface area (TPSA) is 135 Å². The molecule has 40 heavy (non-hydrogen) atoms. The number of imidazole rings is 1. The SMILES string of the molecule is CC1(NC(=O)c2nc3ccc(Oc4ncc(Cl)cc4OCC(F)F)nc3n2CC2(F)COC2)CCS(=O)(=O)CC1. The van der Waals surface area contributed by atoms with Gasteiger partial charge in [0.05, 0.1) is 36.3 Å². The molecule has 0 saturated carbocycles. The van der Waals surface area contributed by atoms with Crippen LogP contribution in [0.4, 0.5) is 13.2 Å². The van der Waals surface area contributed by atoms with E-state index in [9.17, 15) is 22.0 Å². The largest absolute Gasteiger partial charge is 0.482 e. The average Bonchev–Trinajstić information content (AvgIpc) is 3.23. The van der Waals surface area contributed by atoms with E-state index in [4.69, 9.17) is 25.8 Å². The molecule has 0 radical (unpaired) electrons. The van der Waals surface area contributed by atoms with Crippen LogP contribution in [0.2, 0.25) is 5.02 Å². The smallest absolute Gasteiger partial charge is 0.287 e. The minimum atomic E-state index is -3.16. The normalized spacial score (nSPS) is 19.2. The van der Waals surface area contributed by atoms with Gasteiger partial charge in [0.25, 0.3) is 18.2 Å². The number of rotatable bonds is 9. The van der Waals surface area contributed by atoms with Crippen molar-refractivity contribution in [2.75, 3.05) is 31.3 Å². The number of alkyl halides is 3. The Hall–Kier alpha value is -3.17. The van der Waals surface area contributed by atoms with Crippen LogP contribution in [0.1, 0.15) is 30.4 Å². The zero-order valence-corrected chi connectivity index (χ0v) is 22.8. The van der Waals surface area contributed by atoms with E-state index in [0.717, 1.165) is 0 Å². The summed E-state index contributed by atoms with van der Waals surface area (Å²) in [5.41, 5.74) is -2.18. The van der Waals surface area contributed by atoms with Gasteiger partial charge in [0, 0.05) is 23.9 Å². The van der Waals surface area contributed by atoms with Gasteiger partial charge in [0.2, 0.25) is 11.7 Å². The number of nitrogens with zero attached hydrogens (tertiary/aromatic N) is 4. The van der Waals surface area contributed by atoms with E-state index in [2.05, 4.69) is 20.3 Å². The molecule has 0 aliphatic carbocycles. The minimum absolute atomic E-state index is 0.0560. The number of carbonyl (C=O) groups is 1. The van der Waals surface area contributed by atoms with Crippen molar-refractivity contribution in [1.82, 2.24) is 24.8 Å². The van der Waals surface area contributed by atoms with Crippen molar-refractivity contribution >= 4 is 38.5 Å². The molecule has 3 aromatic rings. The number of nitrogens with one attached hydrogen (secondary N) is 1. The first kappa shape index (κ1) is 28.4. The highest BCUT2D eigenvalue weighted by molar-refractivity contribution is 7.91. The molecule has 0 bridgehead atoms. The molecule has 3 aromatic heterocycles. The first-order chi connectivity index (χ1) is 18.8. The second-order valence-electron chi connectivity index (χ2n) is 10.1. The average molecular weight is 604 g/mol. The lowest BCUT2D eigenvalue weighted by Gasteiger charge is -2.35. The second kappa shape index (κ2) is 10.7. The van der Waals surface area contributed by atoms with E-state index in [1.165, 1.54) is 29.0 Å². The molecule has 0 atom stereocenters. The Morgan fingerprint density at radius 3 is 2.62 bits per heavy atom. The van der Waals surface area contributed by atoms with Crippen molar-refractivity contribution in [3.63, 3.8) is 0 Å². The van der Waals surface area contributed by atoms with E-state index in [0.29, 0.717) is 0 Å². The van der Waals surface area contributed by atoms with E-state index >= 15 is 4.39 Å². The lowest BCUT2D eigenvalue weighted by molar-refractivity contribution is -0.137. The molecule has 0 unspecified atom stereocenters. The van der Waals surface area contributed by atoms with Crippen LogP contribution in [0.15, 0.2) is 24.4 Å². The third-order valence-corrected chi connectivity index (χ3v) is 8.49. The fourth-order valence-electron chi connectivity index (χ4n) is 4.35. The zero-order chi connectivity index (χ0) is 28.7. The van der Waals surface area contributed by atoms with Crippen molar-refractivity contribution < 1.29 is 40.6 Å². The number of amides is 1. The van der Waals surface area contributed by atoms with Gasteiger partial charge in [-0.15, -0.1) is 0 Å². The van der Waals surface area contributed by atoms with Crippen LogP contribution in [0.3, 0.4) is 0 Å². The highest BCUT2D eigenvalue weighted by atomic mass is 35.5. The Balaban J connectivity index is 1.47. The molecule has 216 valence electrons. The van der Waals surface area contributed by atoms with Crippen molar-refractivity contribution in [1.29, 1.82) is 0 Å². The molecule has 16 heteroatoms. The zero-order valence-electron chi connectivity index (χ0n) is 21.2. The monoisotopic (exact) mass is 603 g/mol. The third kappa shape index (κ3) is 6.25. The maximum absolute atomic E-state index is 15.2. The Morgan fingerprint density at radius 2 is 1.98 bits per heavy atom. The van der Waals surface area contributed by atoms with E-state index in [1.807, 2.05) is 0 Å². The number of fused-ring (bicyclic) bond motifs is 1. The molecular formula is C24H25ClF3N5O6S. The van der Waals surface area contributed by atoms with Gasteiger partial charge in [-0.25, -0.2) is 31.6 Å². The van der Waals surface area contributed by atoms with Gasteiger partial charge in [0.15, 0.2) is 17.1 Å². The Bertz CT molecular complexity index is 1540. The predicted octanol–water partition coefficient (Wildman–Crippen LogP) is 3.35. The van der Waals surface area contributed by atoms with E-state index in [-0.39, 0.29) is 83.6 Å². The fourth-order valence-corrected chi connectivity index (χ4v) is 6.22. The van der Waals surface area contributed by atoms with Crippen molar-refractivity contribution in [2.45, 2.75) is 43.9 Å². The molecule has 0 aromatic carbocycles. The number of aromatic nitrogens is 4. The number of halogens is 4. The summed E-state index contributed by atoms with van der Waals surface area (Å²) < 4.78 is 81.5. The first-order valence-corrected chi connectivity index (χ1v) is 14.4. The molecule has 2 aliphatic heterocycles. The van der Waals surface area contributed by atoms with Crippen molar-refractivity contribution in [3.8, 4) is 17.5 Å². The summed E-state index contributed by atoms with van der Waals surface area (Å²) in [5, 5.41) is 3.00. The van der Waals surface area contributed by atoms with Crippen LogP contribution in [0.25, 0.3) is 11.2 Å². The summed E-state index contributed by atoms with van der Waals surface area (Å²) in [6.07, 6.45) is -1.06. The highest BCUT2D eigenvalue weighted by Gasteiger charge is 2.42. The number of carbonyl (C=O) groups excluding carboxylic acids is 1. The number of sulfone groups is 1. The van der Waals surface area contributed by atoms with Gasteiger partial charge in [-0.3, -0.25) is 4.79 Å². The lowest BCUT2D eigenvalue weighted by Crippen LogP contribution is -2.52. The quantitative estimate of drug-likeness (QED) is 0.391. The third-order valence-electron chi connectivity index (χ3n) is 6.63. The first-order valence-electron chi connectivity index (χ1n) is 12.3. The van der Waals surface area contributed by atoms with Gasteiger partial charge >= 0.3 is 0 Å². The van der Waals surface area contributed by atoms with Crippen LogP contribution in [0.5, 0.6) is 17.5 Å². The van der Waals surface area contributed by atoms with Crippen LogP contribution >= 0.6 is 11.6 Å². The summed E-state index contributed by atoms with van der Waals surface area (Å²) in [4.78, 5) is 26.1. The standard InChI is InChI=1S/C24H25ClF3N5O6S/c1-23(4-6-40(35,36)7-5-23)32-21(34)20-30-15-2-3-18(31-19(15)33(20)11-24(28)12-37-13-24)39-22-16(38-10-17(26)27)8-14(25)9-29-22/h2-3,8-9,17H,4-7,10-13H2,1H3,(H,32,34). The van der Waals surface area contributed by atoms with Crippen LogP contribution in [-0.4, -0.2) is 82.8 Å². The molecule has 1 N–H and O–H groups in total. The summed E-state index contributed by atoms with van der Waals surface area (Å²) in [6.45, 7) is 0.176. The molecule has 0 spiro atoms. The number of hydrogen-bond acceptors (Lipinski definition) is 9. The van der Waals surface area contributed by atoms with Gasteiger partial charge in [-0.05, 0) is 25.8 Å². The summed E-state index contributed by atoms with van der Waals surface area (Å²) in [5.74, 6) is -1.24. The molecule has 2 saturated heterocycles. The van der Waals surface area contributed by atoms with Crippen molar-refractivity contribution in [2.24, 2.45) is 0 Å². The van der Waals surface area contributed by atoms with E-state index < -0.39 is 40.0 Å². The van der Waals surface area contributed by atoms with Gasteiger partial charge < -0.3 is 24.1 Å². The van der Waals surface area contributed by atoms with E-state index in [1.54, 1.807) is 6.92 Å². The molecule has 5 rings (SSSR count). The molecule has 1 amide bonds. The molecule has 11 nitrogen and oxygen atoms in total. The minimum Gasteiger partial charge on any atom is -0.482 e. The molecule has 2 aliphatic rings. The summed E-state index contributed by atoms with van der Waals surface area (Å²) in [6, 6.07) is 4.18. The van der Waals surface area contributed by atoms with Crippen LogP contribution < -0.4 is 14.8 Å². The highest BCUT2D eigenvalue weighted by Crippen LogP contribution is 2.33. The van der Waals surface area contributed by atoms with Crippen LogP contribution in [0, 0.1) is 0 Å². The maximum atomic E-state index is 15.2. The number of hydrogen-bond donors (Lipinski definition) is 1. The van der Waals surface area contributed by atoms with Crippen molar-refractivity contribution in [3.05, 3.63) is 35.2 Å². The molecule has 2 fully saturated rings. The van der Waals surface area contributed by atoms with Crippen LogP contribution in [-0.2, 0) is 21.1 Å². The predicted molar refractivity (Wildman–Crippen MR) is 137 cm³/mol. The van der Waals surface area contributed by atoms with Gasteiger partial charge in [-0.2, -0.15) is 4.98 Å². The Kier molecular flexibility index (Phi) is 7.56. The number of pyridine rings is 2. The molecule has 5 heterocycles.